The van der Waals surface area contributed by atoms with Gasteiger partial charge in [-0.25, -0.2) is 4.98 Å². The third kappa shape index (κ3) is 4.12. The first-order chi connectivity index (χ1) is 16.4. The third-order valence-corrected chi connectivity index (χ3v) is 7.53. The number of nitrogens with two attached hydrogens (primary N) is 1. The number of thiazole rings is 1. The standard InChI is InChI=1S/C24H15ClN4O3S2/c25-14-7-9-15(10-8-14)27-23-19(24-28-17-3-1-2-4-18(17)33-24)20(26)22(34-23)21(30)13-5-11-16(12-6-13)29(31)32/h1-12,27H,26H2. The molecule has 0 atom stereocenters. The number of nitro groups is 1. The second-order valence-electron chi connectivity index (χ2n) is 7.30. The fourth-order valence-electron chi connectivity index (χ4n) is 3.42. The molecular weight excluding hydrogens is 492 g/mol. The zero-order valence-corrected chi connectivity index (χ0v) is 19.7. The number of rotatable bonds is 6. The van der Waals surface area contributed by atoms with Crippen molar-refractivity contribution in [1.82, 2.24) is 4.98 Å². The van der Waals surface area contributed by atoms with Gasteiger partial charge >= 0.3 is 0 Å². The van der Waals surface area contributed by atoms with Gasteiger partial charge in [0.05, 0.1) is 26.4 Å². The number of halogens is 1. The van der Waals surface area contributed by atoms with Crippen LogP contribution in [0.1, 0.15) is 15.2 Å². The van der Waals surface area contributed by atoms with Crippen LogP contribution in [0.4, 0.5) is 22.1 Å². The fraction of sp³-hybridized carbons (Fsp3) is 0. The van der Waals surface area contributed by atoms with Crippen molar-refractivity contribution in [1.29, 1.82) is 0 Å². The molecule has 10 heteroatoms. The third-order valence-electron chi connectivity index (χ3n) is 5.10. The first kappa shape index (κ1) is 22.0. The average Bonchev–Trinajstić information content (AvgIpc) is 3.40. The number of para-hydroxylation sites is 1. The zero-order chi connectivity index (χ0) is 23.8. The molecule has 0 aliphatic carbocycles. The first-order valence-corrected chi connectivity index (χ1v) is 12.0. The van der Waals surface area contributed by atoms with E-state index in [1.165, 1.54) is 46.9 Å². The maximum absolute atomic E-state index is 13.3. The molecule has 0 aliphatic heterocycles. The number of nitrogens with one attached hydrogen (secondary N) is 1. The lowest BCUT2D eigenvalue weighted by atomic mass is 10.1. The number of aromatic nitrogens is 1. The van der Waals surface area contributed by atoms with Crippen molar-refractivity contribution in [3.8, 4) is 10.6 Å². The number of non-ortho nitro benzene ring substituents is 1. The highest BCUT2D eigenvalue weighted by Crippen LogP contribution is 2.47. The Morgan fingerprint density at radius 2 is 1.71 bits per heavy atom. The van der Waals surface area contributed by atoms with Crippen LogP contribution in [-0.2, 0) is 0 Å². The zero-order valence-electron chi connectivity index (χ0n) is 17.3. The first-order valence-electron chi connectivity index (χ1n) is 10.0. The Morgan fingerprint density at radius 1 is 1.00 bits per heavy atom. The second kappa shape index (κ2) is 8.86. The van der Waals surface area contributed by atoms with E-state index in [4.69, 9.17) is 22.3 Å². The summed E-state index contributed by atoms with van der Waals surface area (Å²) in [5.41, 5.74) is 9.34. The van der Waals surface area contributed by atoms with Crippen molar-refractivity contribution in [2.75, 3.05) is 11.1 Å². The summed E-state index contributed by atoms with van der Waals surface area (Å²) in [6.07, 6.45) is 0. The minimum Gasteiger partial charge on any atom is -0.397 e. The summed E-state index contributed by atoms with van der Waals surface area (Å²) < 4.78 is 1.00. The summed E-state index contributed by atoms with van der Waals surface area (Å²) >= 11 is 8.72. The average molecular weight is 507 g/mol. The Kier molecular flexibility index (Phi) is 5.74. The fourth-order valence-corrected chi connectivity index (χ4v) is 5.75. The molecule has 34 heavy (non-hydrogen) atoms. The maximum atomic E-state index is 13.3. The summed E-state index contributed by atoms with van der Waals surface area (Å²) in [4.78, 5) is 28.8. The van der Waals surface area contributed by atoms with Crippen LogP contribution in [0.25, 0.3) is 20.8 Å². The van der Waals surface area contributed by atoms with Gasteiger partial charge in [-0.15, -0.1) is 22.7 Å². The molecule has 5 rings (SSSR count). The molecule has 0 saturated heterocycles. The molecule has 3 N–H and O–H groups in total. The highest BCUT2D eigenvalue weighted by Gasteiger charge is 2.25. The van der Waals surface area contributed by atoms with Crippen molar-refractivity contribution in [2.24, 2.45) is 0 Å². The van der Waals surface area contributed by atoms with Crippen molar-refractivity contribution >= 4 is 72.3 Å². The van der Waals surface area contributed by atoms with Gasteiger partial charge in [-0.1, -0.05) is 23.7 Å². The molecule has 0 radical (unpaired) electrons. The summed E-state index contributed by atoms with van der Waals surface area (Å²) in [5, 5.41) is 16.3. The lowest BCUT2D eigenvalue weighted by Crippen LogP contribution is -2.02. The summed E-state index contributed by atoms with van der Waals surface area (Å²) in [5.74, 6) is -0.316. The molecule has 0 aliphatic rings. The van der Waals surface area contributed by atoms with E-state index in [1.54, 1.807) is 12.1 Å². The van der Waals surface area contributed by atoms with Crippen LogP contribution >= 0.6 is 34.3 Å². The second-order valence-corrected chi connectivity index (χ2v) is 9.79. The SMILES string of the molecule is Nc1c(C(=O)c2ccc([N+](=O)[O-])cc2)sc(Nc2ccc(Cl)cc2)c1-c1nc2ccccc2s1. The number of anilines is 3. The van der Waals surface area contributed by atoms with Crippen molar-refractivity contribution < 1.29 is 9.72 Å². The number of hydrogen-bond donors (Lipinski definition) is 2. The highest BCUT2D eigenvalue weighted by molar-refractivity contribution is 7.23. The van der Waals surface area contributed by atoms with Crippen LogP contribution in [0.2, 0.25) is 5.02 Å². The van der Waals surface area contributed by atoms with E-state index in [1.807, 2.05) is 36.4 Å². The molecule has 5 aromatic rings. The largest absolute Gasteiger partial charge is 0.397 e. The number of carbonyl (C=O) groups excluding carboxylic acids is 1. The lowest BCUT2D eigenvalue weighted by Gasteiger charge is -2.06. The molecule has 7 nitrogen and oxygen atoms in total. The van der Waals surface area contributed by atoms with Crippen LogP contribution in [0, 0.1) is 10.1 Å². The number of benzene rings is 3. The monoisotopic (exact) mass is 506 g/mol. The van der Waals surface area contributed by atoms with E-state index >= 15 is 0 Å². The summed E-state index contributed by atoms with van der Waals surface area (Å²) in [7, 11) is 0. The number of nitro benzene ring substituents is 1. The number of hydrogen-bond acceptors (Lipinski definition) is 8. The Balaban J connectivity index is 1.61. The van der Waals surface area contributed by atoms with Crippen molar-refractivity contribution in [3.05, 3.63) is 98.4 Å². The van der Waals surface area contributed by atoms with Gasteiger partial charge in [0.25, 0.3) is 5.69 Å². The molecule has 2 heterocycles. The van der Waals surface area contributed by atoms with Crippen LogP contribution in [0.5, 0.6) is 0 Å². The van der Waals surface area contributed by atoms with E-state index < -0.39 is 4.92 Å². The molecule has 0 saturated carbocycles. The summed E-state index contributed by atoms with van der Waals surface area (Å²) in [6, 6.07) is 20.4. The minimum atomic E-state index is -0.507. The predicted molar refractivity (Wildman–Crippen MR) is 139 cm³/mol. The number of thiophene rings is 1. The minimum absolute atomic E-state index is 0.0871. The molecule has 3 aromatic carbocycles. The lowest BCUT2D eigenvalue weighted by molar-refractivity contribution is -0.384. The Morgan fingerprint density at radius 3 is 2.38 bits per heavy atom. The van der Waals surface area contributed by atoms with Gasteiger partial charge < -0.3 is 11.1 Å². The smallest absolute Gasteiger partial charge is 0.269 e. The van der Waals surface area contributed by atoms with E-state index in [-0.39, 0.29) is 11.5 Å². The molecule has 2 aromatic heterocycles. The van der Waals surface area contributed by atoms with Gasteiger partial charge in [0.2, 0.25) is 5.78 Å². The van der Waals surface area contributed by atoms with Crippen LogP contribution in [0.15, 0.2) is 72.8 Å². The topological polar surface area (TPSA) is 111 Å². The molecule has 0 unspecified atom stereocenters. The van der Waals surface area contributed by atoms with Gasteiger partial charge in [-0.2, -0.15) is 0 Å². The normalized spacial score (nSPS) is 11.0. The van der Waals surface area contributed by atoms with Crippen LogP contribution < -0.4 is 11.1 Å². The number of carbonyl (C=O) groups is 1. The predicted octanol–water partition coefficient (Wildman–Crippen LogP) is 7.14. The van der Waals surface area contributed by atoms with Gasteiger partial charge in [-0.05, 0) is 48.5 Å². The van der Waals surface area contributed by atoms with Crippen molar-refractivity contribution in [2.45, 2.75) is 0 Å². The number of fused-ring (bicyclic) bond motifs is 1. The van der Waals surface area contributed by atoms with Gasteiger partial charge in [0.15, 0.2) is 0 Å². The number of nitrogens with zero attached hydrogens (tertiary/aromatic N) is 2. The van der Waals surface area contributed by atoms with Gasteiger partial charge in [0.1, 0.15) is 14.9 Å². The van der Waals surface area contributed by atoms with E-state index in [2.05, 4.69) is 5.32 Å². The van der Waals surface area contributed by atoms with Crippen LogP contribution in [0.3, 0.4) is 0 Å². The Bertz CT molecular complexity index is 1510. The van der Waals surface area contributed by atoms with E-state index in [0.717, 1.165) is 15.9 Å². The molecular formula is C24H15ClN4O3S2. The summed E-state index contributed by atoms with van der Waals surface area (Å²) in [6.45, 7) is 0. The molecule has 0 spiro atoms. The van der Waals surface area contributed by atoms with Gasteiger partial charge in [0, 0.05) is 28.4 Å². The molecule has 168 valence electrons. The molecule has 0 fully saturated rings. The Labute approximate surface area is 206 Å². The van der Waals surface area contributed by atoms with Gasteiger partial charge in [-0.3, -0.25) is 14.9 Å². The highest BCUT2D eigenvalue weighted by atomic mass is 35.5. The molecule has 0 amide bonds. The number of ketones is 1. The maximum Gasteiger partial charge on any atom is 0.269 e. The van der Waals surface area contributed by atoms with E-state index in [0.29, 0.717) is 36.7 Å². The Hall–Kier alpha value is -3.79. The quantitative estimate of drug-likeness (QED) is 0.144. The van der Waals surface area contributed by atoms with Crippen molar-refractivity contribution in [3.63, 3.8) is 0 Å². The number of nitrogen functional groups attached to an aromatic ring is 1. The van der Waals surface area contributed by atoms with Crippen LogP contribution in [-0.4, -0.2) is 15.7 Å². The molecule has 0 bridgehead atoms. The van der Waals surface area contributed by atoms with E-state index in [9.17, 15) is 14.9 Å².